The lowest BCUT2D eigenvalue weighted by Crippen LogP contribution is -2.41. The average Bonchev–Trinajstić information content (AvgIpc) is 3.26. The molecule has 0 spiro atoms. The maximum atomic E-state index is 12.7. The highest BCUT2D eigenvalue weighted by Gasteiger charge is 2.37. The Morgan fingerprint density at radius 1 is 1.24 bits per heavy atom. The first-order chi connectivity index (χ1) is 12.0. The van der Waals surface area contributed by atoms with Gasteiger partial charge in [-0.15, -0.1) is 0 Å². The van der Waals surface area contributed by atoms with Crippen molar-refractivity contribution >= 4 is 28.4 Å². The van der Waals surface area contributed by atoms with E-state index in [0.717, 1.165) is 36.5 Å². The van der Waals surface area contributed by atoms with Gasteiger partial charge in [-0.3, -0.25) is 9.69 Å². The maximum Gasteiger partial charge on any atom is 0.326 e. The second-order valence-corrected chi connectivity index (χ2v) is 7.57. The van der Waals surface area contributed by atoms with Crippen LogP contribution in [0.5, 0.6) is 0 Å². The first kappa shape index (κ1) is 16.7. The van der Waals surface area contributed by atoms with Gasteiger partial charge < -0.3 is 19.3 Å². The quantitative estimate of drug-likeness (QED) is 0.811. The van der Waals surface area contributed by atoms with Crippen molar-refractivity contribution in [1.29, 1.82) is 0 Å². The molecule has 4 heterocycles. The summed E-state index contributed by atoms with van der Waals surface area (Å²) in [6, 6.07) is -0.156. The van der Waals surface area contributed by atoms with Crippen molar-refractivity contribution in [2.45, 2.75) is 39.3 Å². The molecule has 0 aliphatic carbocycles. The number of amides is 3. The topological polar surface area (TPSA) is 75.2 Å². The summed E-state index contributed by atoms with van der Waals surface area (Å²) < 4.78 is 11.0. The third-order valence-electron chi connectivity index (χ3n) is 4.78. The number of nitrogens with zero attached hydrogens (tertiary/aromatic N) is 4. The van der Waals surface area contributed by atoms with E-state index >= 15 is 0 Å². The van der Waals surface area contributed by atoms with Gasteiger partial charge in [-0.25, -0.2) is 9.78 Å². The summed E-state index contributed by atoms with van der Waals surface area (Å²) in [5.74, 6) is 0.0361. The molecule has 9 heteroatoms. The Labute approximate surface area is 150 Å². The number of likely N-dealkylation sites (tertiary alicyclic amines) is 1. The number of hydrogen-bond acceptors (Lipinski definition) is 6. The number of urea groups is 1. The van der Waals surface area contributed by atoms with Crippen LogP contribution in [-0.2, 0) is 14.3 Å². The van der Waals surface area contributed by atoms with E-state index in [9.17, 15) is 9.59 Å². The lowest BCUT2D eigenvalue weighted by atomic mass is 10.3. The van der Waals surface area contributed by atoms with E-state index in [1.54, 1.807) is 9.80 Å². The fraction of sp³-hybridized carbons (Fsp3) is 0.688. The van der Waals surface area contributed by atoms with E-state index in [2.05, 4.69) is 4.98 Å². The lowest BCUT2D eigenvalue weighted by molar-refractivity contribution is -0.381. The number of hydrogen-bond donors (Lipinski definition) is 0. The summed E-state index contributed by atoms with van der Waals surface area (Å²) in [7, 11) is 0. The number of aromatic nitrogens is 1. The molecule has 3 amide bonds. The number of carbonyl (C=O) groups is 2. The Morgan fingerprint density at radius 3 is 2.64 bits per heavy atom. The minimum Gasteiger partial charge on any atom is -0.341 e. The Balaban J connectivity index is 1.41. The van der Waals surface area contributed by atoms with Gasteiger partial charge in [0.15, 0.2) is 11.4 Å². The summed E-state index contributed by atoms with van der Waals surface area (Å²) in [6.07, 6.45) is 1.52. The predicted octanol–water partition coefficient (Wildman–Crippen LogP) is 1.71. The zero-order valence-electron chi connectivity index (χ0n) is 14.4. The molecule has 0 bridgehead atoms. The van der Waals surface area contributed by atoms with Crippen molar-refractivity contribution in [3.63, 3.8) is 0 Å². The zero-order valence-corrected chi connectivity index (χ0v) is 15.3. The Bertz CT molecular complexity index is 682. The van der Waals surface area contributed by atoms with Gasteiger partial charge in [0, 0.05) is 26.2 Å². The number of carbonyl (C=O) groups excluding carboxylic acids is 2. The SMILES string of the molecule is Cc1nc(N2CCN(CC(=O)N3CCCC3)C2=O)sc1C1OC(C)O1. The molecule has 25 heavy (non-hydrogen) atoms. The third kappa shape index (κ3) is 3.11. The molecular weight excluding hydrogens is 344 g/mol. The van der Waals surface area contributed by atoms with Crippen molar-refractivity contribution < 1.29 is 19.1 Å². The highest BCUT2D eigenvalue weighted by atomic mass is 32.1. The van der Waals surface area contributed by atoms with E-state index < -0.39 is 0 Å². The number of rotatable bonds is 4. The minimum absolute atomic E-state index is 0.0361. The van der Waals surface area contributed by atoms with Gasteiger partial charge in [0.2, 0.25) is 12.2 Å². The van der Waals surface area contributed by atoms with Gasteiger partial charge >= 0.3 is 6.03 Å². The van der Waals surface area contributed by atoms with Crippen molar-refractivity contribution in [3.05, 3.63) is 10.6 Å². The monoisotopic (exact) mass is 366 g/mol. The van der Waals surface area contributed by atoms with Gasteiger partial charge in [0.1, 0.15) is 6.54 Å². The van der Waals surface area contributed by atoms with Crippen molar-refractivity contribution in [2.24, 2.45) is 0 Å². The number of aryl methyl sites for hydroxylation is 1. The molecule has 3 fully saturated rings. The van der Waals surface area contributed by atoms with Gasteiger partial charge in [-0.1, -0.05) is 11.3 Å². The van der Waals surface area contributed by atoms with Crippen molar-refractivity contribution in [1.82, 2.24) is 14.8 Å². The minimum atomic E-state index is -0.383. The van der Waals surface area contributed by atoms with E-state index in [1.807, 2.05) is 18.7 Å². The van der Waals surface area contributed by atoms with E-state index in [1.165, 1.54) is 11.3 Å². The molecule has 0 unspecified atom stereocenters. The average molecular weight is 366 g/mol. The Kier molecular flexibility index (Phi) is 4.38. The van der Waals surface area contributed by atoms with E-state index in [0.29, 0.717) is 18.2 Å². The van der Waals surface area contributed by atoms with Gasteiger partial charge in [0.05, 0.1) is 10.6 Å². The molecule has 0 N–H and O–H groups in total. The van der Waals surface area contributed by atoms with Crippen molar-refractivity contribution in [2.75, 3.05) is 37.6 Å². The van der Waals surface area contributed by atoms with Crippen LogP contribution >= 0.6 is 11.3 Å². The first-order valence-corrected chi connectivity index (χ1v) is 9.47. The van der Waals surface area contributed by atoms with Crippen LogP contribution in [0.3, 0.4) is 0 Å². The predicted molar refractivity (Wildman–Crippen MR) is 91.4 cm³/mol. The Hall–Kier alpha value is -1.71. The normalized spacial score (nSPS) is 26.5. The van der Waals surface area contributed by atoms with Crippen LogP contribution in [-0.4, -0.2) is 65.7 Å². The molecule has 3 aliphatic rings. The fourth-order valence-electron chi connectivity index (χ4n) is 3.35. The zero-order chi connectivity index (χ0) is 17.6. The molecule has 3 saturated heterocycles. The largest absolute Gasteiger partial charge is 0.341 e. The molecule has 136 valence electrons. The molecule has 3 aliphatic heterocycles. The molecule has 1 aromatic heterocycles. The summed E-state index contributed by atoms with van der Waals surface area (Å²) >= 11 is 1.41. The van der Waals surface area contributed by atoms with Crippen LogP contribution in [0.2, 0.25) is 0 Å². The van der Waals surface area contributed by atoms with E-state index in [4.69, 9.17) is 9.47 Å². The fourth-order valence-corrected chi connectivity index (χ4v) is 4.41. The molecular formula is C16H22N4O4S. The third-order valence-corrected chi connectivity index (χ3v) is 5.98. The highest BCUT2D eigenvalue weighted by molar-refractivity contribution is 7.16. The summed E-state index contributed by atoms with van der Waals surface area (Å²) in [4.78, 5) is 35.4. The van der Waals surface area contributed by atoms with Crippen LogP contribution in [0.4, 0.5) is 9.93 Å². The lowest BCUT2D eigenvalue weighted by Gasteiger charge is -2.33. The number of ether oxygens (including phenoxy) is 2. The van der Waals surface area contributed by atoms with Crippen LogP contribution in [0.15, 0.2) is 0 Å². The molecule has 0 atom stereocenters. The van der Waals surface area contributed by atoms with Gasteiger partial charge in [0.25, 0.3) is 0 Å². The molecule has 4 rings (SSSR count). The van der Waals surface area contributed by atoms with Crippen LogP contribution in [0.1, 0.15) is 36.6 Å². The van der Waals surface area contributed by atoms with Crippen LogP contribution < -0.4 is 4.90 Å². The second-order valence-electron chi connectivity index (χ2n) is 6.56. The van der Waals surface area contributed by atoms with Crippen LogP contribution in [0, 0.1) is 6.92 Å². The molecule has 1 aromatic rings. The molecule has 0 aromatic carbocycles. The summed E-state index contributed by atoms with van der Waals surface area (Å²) in [5.41, 5.74) is 0.816. The number of thiazole rings is 1. The standard InChI is InChI=1S/C16H22N4O4S/c1-10-13(14-23-11(2)24-14)25-15(17-10)20-8-7-19(16(20)22)9-12(21)18-5-3-4-6-18/h11,14H,3-9H2,1-2H3. The highest BCUT2D eigenvalue weighted by Crippen LogP contribution is 2.39. The van der Waals surface area contributed by atoms with E-state index in [-0.39, 0.29) is 31.1 Å². The smallest absolute Gasteiger partial charge is 0.326 e. The van der Waals surface area contributed by atoms with Crippen LogP contribution in [0.25, 0.3) is 0 Å². The molecule has 8 nitrogen and oxygen atoms in total. The van der Waals surface area contributed by atoms with Crippen molar-refractivity contribution in [3.8, 4) is 0 Å². The Morgan fingerprint density at radius 2 is 1.96 bits per heavy atom. The molecule has 0 radical (unpaired) electrons. The second kappa shape index (κ2) is 6.54. The van der Waals surface area contributed by atoms with Gasteiger partial charge in [-0.2, -0.15) is 0 Å². The summed E-state index contributed by atoms with van der Waals surface area (Å²) in [5, 5.41) is 0.639. The first-order valence-electron chi connectivity index (χ1n) is 8.65. The number of anilines is 1. The van der Waals surface area contributed by atoms with Gasteiger partial charge in [-0.05, 0) is 26.7 Å². The maximum absolute atomic E-state index is 12.7. The summed E-state index contributed by atoms with van der Waals surface area (Å²) in [6.45, 7) is 6.58. The molecule has 0 saturated carbocycles.